The van der Waals surface area contributed by atoms with Gasteiger partial charge < -0.3 is 10.0 Å². The SMILES string of the molecule is CC[C@@H](O)c1ccc(N(C)C(C)CSC)cn1. The van der Waals surface area contributed by atoms with Gasteiger partial charge in [0.25, 0.3) is 0 Å². The van der Waals surface area contributed by atoms with Crippen molar-refractivity contribution in [3.63, 3.8) is 0 Å². The Morgan fingerprint density at radius 1 is 1.47 bits per heavy atom. The number of nitrogens with zero attached hydrogens (tertiary/aromatic N) is 2. The number of pyridine rings is 1. The van der Waals surface area contributed by atoms with E-state index in [2.05, 4.69) is 30.1 Å². The maximum absolute atomic E-state index is 9.67. The second-order valence-corrected chi connectivity index (χ2v) is 5.19. The number of hydrogen-bond acceptors (Lipinski definition) is 4. The fraction of sp³-hybridized carbons (Fsp3) is 0.615. The van der Waals surface area contributed by atoms with Gasteiger partial charge in [-0.15, -0.1) is 0 Å². The zero-order valence-electron chi connectivity index (χ0n) is 11.1. The average molecular weight is 254 g/mol. The van der Waals surface area contributed by atoms with Gasteiger partial charge in [0.15, 0.2) is 0 Å². The van der Waals surface area contributed by atoms with Gasteiger partial charge in [-0.3, -0.25) is 4.98 Å². The summed E-state index contributed by atoms with van der Waals surface area (Å²) in [7, 11) is 2.08. The van der Waals surface area contributed by atoms with E-state index in [1.165, 1.54) is 0 Å². The predicted molar refractivity (Wildman–Crippen MR) is 75.7 cm³/mol. The van der Waals surface area contributed by atoms with Crippen molar-refractivity contribution in [2.45, 2.75) is 32.4 Å². The van der Waals surface area contributed by atoms with Crippen molar-refractivity contribution >= 4 is 17.4 Å². The number of aliphatic hydroxyl groups is 1. The molecule has 0 aliphatic heterocycles. The van der Waals surface area contributed by atoms with Gasteiger partial charge in [-0.1, -0.05) is 6.92 Å². The molecule has 0 saturated heterocycles. The number of rotatable bonds is 6. The van der Waals surface area contributed by atoms with E-state index < -0.39 is 6.10 Å². The minimum atomic E-state index is -0.446. The van der Waals surface area contributed by atoms with Gasteiger partial charge in [0.1, 0.15) is 0 Å². The van der Waals surface area contributed by atoms with Crippen molar-refractivity contribution in [2.24, 2.45) is 0 Å². The van der Waals surface area contributed by atoms with Crippen LogP contribution in [0.5, 0.6) is 0 Å². The summed E-state index contributed by atoms with van der Waals surface area (Å²) in [5.41, 5.74) is 1.85. The van der Waals surface area contributed by atoms with Crippen LogP contribution in [0, 0.1) is 0 Å². The molecule has 1 aromatic heterocycles. The van der Waals surface area contributed by atoms with Crippen molar-refractivity contribution in [3.05, 3.63) is 24.0 Å². The maximum atomic E-state index is 9.67. The van der Waals surface area contributed by atoms with Crippen LogP contribution in [0.15, 0.2) is 18.3 Å². The van der Waals surface area contributed by atoms with E-state index in [0.717, 1.165) is 17.1 Å². The van der Waals surface area contributed by atoms with E-state index in [9.17, 15) is 5.11 Å². The summed E-state index contributed by atoms with van der Waals surface area (Å²) in [5.74, 6) is 1.09. The standard InChI is InChI=1S/C13H22N2OS/c1-5-13(16)12-7-6-11(8-14-12)15(3)10(2)9-17-4/h6-8,10,13,16H,5,9H2,1-4H3/t10?,13-/m1/s1. The first-order valence-corrected chi connectivity index (χ1v) is 7.35. The van der Waals surface area contributed by atoms with Crippen molar-refractivity contribution in [3.8, 4) is 0 Å². The molecule has 0 amide bonds. The van der Waals surface area contributed by atoms with Crippen molar-refractivity contribution in [2.75, 3.05) is 24.0 Å². The summed E-state index contributed by atoms with van der Waals surface area (Å²) in [6.07, 6.45) is 4.21. The summed E-state index contributed by atoms with van der Waals surface area (Å²) in [6.45, 7) is 4.15. The Hall–Kier alpha value is -0.740. The molecule has 2 atom stereocenters. The van der Waals surface area contributed by atoms with Crippen LogP contribution < -0.4 is 4.90 Å². The third-order valence-electron chi connectivity index (χ3n) is 2.98. The molecular weight excluding hydrogens is 232 g/mol. The molecule has 17 heavy (non-hydrogen) atoms. The molecule has 3 nitrogen and oxygen atoms in total. The first kappa shape index (κ1) is 14.3. The highest BCUT2D eigenvalue weighted by Gasteiger charge is 2.11. The zero-order valence-corrected chi connectivity index (χ0v) is 11.9. The van der Waals surface area contributed by atoms with Gasteiger partial charge in [0.05, 0.1) is 23.7 Å². The van der Waals surface area contributed by atoms with E-state index in [1.807, 2.05) is 37.0 Å². The van der Waals surface area contributed by atoms with Gasteiger partial charge in [-0.25, -0.2) is 0 Å². The number of hydrogen-bond donors (Lipinski definition) is 1. The van der Waals surface area contributed by atoms with E-state index in [4.69, 9.17) is 0 Å². The molecule has 4 heteroatoms. The largest absolute Gasteiger partial charge is 0.387 e. The molecule has 1 rings (SSSR count). The van der Waals surface area contributed by atoms with Gasteiger partial charge in [-0.2, -0.15) is 11.8 Å². The fourth-order valence-corrected chi connectivity index (χ4v) is 2.33. The van der Waals surface area contributed by atoms with Gasteiger partial charge >= 0.3 is 0 Å². The lowest BCUT2D eigenvalue weighted by molar-refractivity contribution is 0.169. The van der Waals surface area contributed by atoms with Crippen LogP contribution in [0.1, 0.15) is 32.1 Å². The van der Waals surface area contributed by atoms with E-state index >= 15 is 0 Å². The van der Waals surface area contributed by atoms with Gasteiger partial charge in [0.2, 0.25) is 0 Å². The predicted octanol–water partition coefficient (Wildman–Crippen LogP) is 2.71. The van der Waals surface area contributed by atoms with Gasteiger partial charge in [-0.05, 0) is 31.7 Å². The monoisotopic (exact) mass is 254 g/mol. The summed E-state index contributed by atoms with van der Waals surface area (Å²) >= 11 is 1.84. The summed E-state index contributed by atoms with van der Waals surface area (Å²) in [5, 5.41) is 9.67. The molecule has 0 aliphatic carbocycles. The molecule has 1 heterocycles. The Morgan fingerprint density at radius 2 is 2.18 bits per heavy atom. The molecule has 96 valence electrons. The molecule has 0 radical (unpaired) electrons. The maximum Gasteiger partial charge on any atom is 0.0957 e. The lowest BCUT2D eigenvalue weighted by Gasteiger charge is -2.26. The Kier molecular flexibility index (Phi) is 5.78. The Bertz CT molecular complexity index is 329. The summed E-state index contributed by atoms with van der Waals surface area (Å²) in [4.78, 5) is 6.53. The average Bonchev–Trinajstić information content (AvgIpc) is 2.37. The van der Waals surface area contributed by atoms with Crippen LogP contribution in [0.4, 0.5) is 5.69 Å². The van der Waals surface area contributed by atoms with Crippen molar-refractivity contribution in [1.29, 1.82) is 0 Å². The van der Waals surface area contributed by atoms with E-state index in [-0.39, 0.29) is 0 Å². The lowest BCUT2D eigenvalue weighted by atomic mass is 10.2. The van der Waals surface area contributed by atoms with Crippen LogP contribution in [0.25, 0.3) is 0 Å². The molecule has 0 spiro atoms. The molecule has 1 aromatic rings. The molecule has 1 unspecified atom stereocenters. The lowest BCUT2D eigenvalue weighted by Crippen LogP contribution is -2.30. The van der Waals surface area contributed by atoms with Crippen molar-refractivity contribution in [1.82, 2.24) is 4.98 Å². The van der Waals surface area contributed by atoms with Crippen LogP contribution in [0.3, 0.4) is 0 Å². The molecule has 0 bridgehead atoms. The highest BCUT2D eigenvalue weighted by atomic mass is 32.2. The second-order valence-electron chi connectivity index (χ2n) is 4.28. The van der Waals surface area contributed by atoms with E-state index in [1.54, 1.807) is 0 Å². The fourth-order valence-electron chi connectivity index (χ4n) is 1.62. The quantitative estimate of drug-likeness (QED) is 0.847. The highest BCUT2D eigenvalue weighted by molar-refractivity contribution is 7.98. The van der Waals surface area contributed by atoms with Crippen LogP contribution in [-0.4, -0.2) is 35.2 Å². The Labute approximate surface area is 108 Å². The smallest absolute Gasteiger partial charge is 0.0957 e. The minimum Gasteiger partial charge on any atom is -0.387 e. The number of aliphatic hydroxyl groups excluding tert-OH is 1. The van der Waals surface area contributed by atoms with Crippen LogP contribution >= 0.6 is 11.8 Å². The molecular formula is C13H22N2OS. The molecule has 1 N–H and O–H groups in total. The van der Waals surface area contributed by atoms with Crippen LogP contribution in [-0.2, 0) is 0 Å². The third-order valence-corrected chi connectivity index (χ3v) is 3.79. The molecule has 0 fully saturated rings. The first-order valence-electron chi connectivity index (χ1n) is 5.95. The highest BCUT2D eigenvalue weighted by Crippen LogP contribution is 2.19. The number of aromatic nitrogens is 1. The normalized spacial score (nSPS) is 14.4. The third kappa shape index (κ3) is 3.89. The number of thioether (sulfide) groups is 1. The van der Waals surface area contributed by atoms with Crippen molar-refractivity contribution < 1.29 is 5.11 Å². The molecule has 0 aliphatic rings. The topological polar surface area (TPSA) is 36.4 Å². The Morgan fingerprint density at radius 3 is 2.65 bits per heavy atom. The van der Waals surface area contributed by atoms with Crippen LogP contribution in [0.2, 0.25) is 0 Å². The second kappa shape index (κ2) is 6.87. The zero-order chi connectivity index (χ0) is 12.8. The summed E-state index contributed by atoms with van der Waals surface area (Å²) in [6, 6.07) is 4.41. The molecule has 0 aromatic carbocycles. The Balaban J connectivity index is 2.73. The van der Waals surface area contributed by atoms with Gasteiger partial charge in [0, 0.05) is 18.8 Å². The summed E-state index contributed by atoms with van der Waals surface area (Å²) < 4.78 is 0. The minimum absolute atomic E-state index is 0.446. The number of anilines is 1. The molecule has 0 saturated carbocycles. The first-order chi connectivity index (χ1) is 8.10. The van der Waals surface area contributed by atoms with E-state index in [0.29, 0.717) is 12.5 Å².